The number of esters is 1. The molecule has 6 nitrogen and oxygen atoms in total. The van der Waals surface area contributed by atoms with Crippen molar-refractivity contribution in [2.45, 2.75) is 33.5 Å². The van der Waals surface area contributed by atoms with Gasteiger partial charge in [-0.1, -0.05) is 51.0 Å². The van der Waals surface area contributed by atoms with Gasteiger partial charge in [-0.15, -0.1) is 5.10 Å². The molecule has 2 aromatic carbocycles. The number of hydrogen-bond donors (Lipinski definition) is 0. The number of hydrogen-bond acceptors (Lipinski definition) is 5. The number of benzene rings is 2. The number of rotatable bonds is 8. The molecule has 0 N–H and O–H groups in total. The second-order valence-electron chi connectivity index (χ2n) is 6.54. The average molecular weight is 443 g/mol. The largest absolute Gasteiger partial charge is 0.459 e. The maximum atomic E-state index is 12.1. The van der Waals surface area contributed by atoms with Crippen LogP contribution in [0.4, 0.5) is 5.69 Å². The van der Waals surface area contributed by atoms with E-state index in [1.165, 1.54) is 10.2 Å². The van der Waals surface area contributed by atoms with E-state index in [0.717, 1.165) is 28.0 Å². The lowest BCUT2D eigenvalue weighted by Crippen LogP contribution is -2.22. The van der Waals surface area contributed by atoms with Crippen molar-refractivity contribution >= 4 is 27.6 Å². The molecule has 0 radical (unpaired) electrons. The first-order chi connectivity index (χ1) is 13.5. The molecule has 0 aliphatic carbocycles. The van der Waals surface area contributed by atoms with Gasteiger partial charge in [0.05, 0.1) is 12.7 Å². The lowest BCUT2D eigenvalue weighted by Gasteiger charge is -2.21. The summed E-state index contributed by atoms with van der Waals surface area (Å²) in [4.78, 5) is 14.3. The molecule has 0 amide bonds. The summed E-state index contributed by atoms with van der Waals surface area (Å²) in [6.45, 7) is 5.94. The Labute approximate surface area is 173 Å². The van der Waals surface area contributed by atoms with Gasteiger partial charge in [-0.25, -0.2) is 4.68 Å². The Hall–Kier alpha value is -2.67. The maximum Gasteiger partial charge on any atom is 0.328 e. The van der Waals surface area contributed by atoms with Crippen LogP contribution >= 0.6 is 15.9 Å². The number of aromatic nitrogens is 3. The van der Waals surface area contributed by atoms with Gasteiger partial charge in [0, 0.05) is 16.7 Å². The first-order valence-corrected chi connectivity index (χ1v) is 9.93. The molecule has 0 saturated carbocycles. The molecule has 0 aliphatic rings. The minimum atomic E-state index is -0.342. The summed E-state index contributed by atoms with van der Waals surface area (Å²) >= 11 is 3.38. The van der Waals surface area contributed by atoms with Gasteiger partial charge in [0.25, 0.3) is 0 Å². The second-order valence-corrected chi connectivity index (χ2v) is 7.46. The van der Waals surface area contributed by atoms with Crippen LogP contribution in [0.25, 0.3) is 0 Å². The number of anilines is 1. The van der Waals surface area contributed by atoms with Crippen molar-refractivity contribution in [3.8, 4) is 0 Å². The van der Waals surface area contributed by atoms with Crippen LogP contribution in [0.5, 0.6) is 0 Å². The van der Waals surface area contributed by atoms with Crippen LogP contribution in [0.15, 0.2) is 59.2 Å². The fraction of sp³-hybridized carbons (Fsp3) is 0.286. The van der Waals surface area contributed by atoms with Crippen LogP contribution in [-0.2, 0) is 29.2 Å². The van der Waals surface area contributed by atoms with E-state index >= 15 is 0 Å². The third kappa shape index (κ3) is 5.66. The summed E-state index contributed by atoms with van der Waals surface area (Å²) in [6.07, 6.45) is 1.79. The normalized spacial score (nSPS) is 10.7. The zero-order chi connectivity index (χ0) is 19.9. The van der Waals surface area contributed by atoms with Gasteiger partial charge in [0.1, 0.15) is 18.8 Å². The van der Waals surface area contributed by atoms with Gasteiger partial charge >= 0.3 is 5.97 Å². The lowest BCUT2D eigenvalue weighted by atomic mass is 10.2. The van der Waals surface area contributed by atoms with E-state index in [1.807, 2.05) is 24.3 Å². The van der Waals surface area contributed by atoms with Gasteiger partial charge in [0.2, 0.25) is 0 Å². The highest BCUT2D eigenvalue weighted by Crippen LogP contribution is 2.17. The zero-order valence-electron chi connectivity index (χ0n) is 16.0. The molecule has 7 heteroatoms. The van der Waals surface area contributed by atoms with E-state index in [1.54, 1.807) is 6.20 Å². The van der Waals surface area contributed by atoms with Crippen LogP contribution < -0.4 is 4.90 Å². The molecule has 0 saturated heterocycles. The number of nitrogens with zero attached hydrogens (tertiary/aromatic N) is 4. The van der Waals surface area contributed by atoms with Gasteiger partial charge in [-0.3, -0.25) is 4.79 Å². The van der Waals surface area contributed by atoms with E-state index in [-0.39, 0.29) is 19.1 Å². The molecule has 0 unspecified atom stereocenters. The van der Waals surface area contributed by atoms with Crippen LogP contribution in [0.1, 0.15) is 23.7 Å². The molecule has 0 fully saturated rings. The monoisotopic (exact) mass is 442 g/mol. The molecular weight excluding hydrogens is 420 g/mol. The molecule has 3 aromatic rings. The summed E-state index contributed by atoms with van der Waals surface area (Å²) in [6, 6.07) is 16.0. The first-order valence-electron chi connectivity index (χ1n) is 9.14. The van der Waals surface area contributed by atoms with E-state index < -0.39 is 0 Å². The van der Waals surface area contributed by atoms with Crippen molar-refractivity contribution < 1.29 is 9.53 Å². The van der Waals surface area contributed by atoms with Gasteiger partial charge in [-0.05, 0) is 43.7 Å². The molecule has 146 valence electrons. The highest BCUT2D eigenvalue weighted by Gasteiger charge is 2.11. The number of carbonyl (C=O) groups is 1. The Bertz CT molecular complexity index is 907. The summed E-state index contributed by atoms with van der Waals surface area (Å²) in [5.74, 6) is -0.342. The topological polar surface area (TPSA) is 60.2 Å². The summed E-state index contributed by atoms with van der Waals surface area (Å²) in [5.41, 5.74) is 4.11. The molecule has 0 spiro atoms. The summed E-state index contributed by atoms with van der Waals surface area (Å²) < 4.78 is 7.82. The minimum Gasteiger partial charge on any atom is -0.459 e. The van der Waals surface area contributed by atoms with Crippen molar-refractivity contribution in [3.63, 3.8) is 0 Å². The number of halogens is 1. The molecule has 3 rings (SSSR count). The summed E-state index contributed by atoms with van der Waals surface area (Å²) in [7, 11) is 0. The molecule has 28 heavy (non-hydrogen) atoms. The SMILES string of the molecule is CCN(Cc1cn(CC(=O)OCc2ccc(Br)cc2)nn1)c1ccc(C)cc1. The van der Waals surface area contributed by atoms with Crippen molar-refractivity contribution in [2.24, 2.45) is 0 Å². The number of carbonyl (C=O) groups excluding carboxylic acids is 1. The van der Waals surface area contributed by atoms with Crippen molar-refractivity contribution in [3.05, 3.63) is 76.0 Å². The first kappa shape index (κ1) is 20.1. The third-order valence-electron chi connectivity index (χ3n) is 4.32. The Balaban J connectivity index is 1.53. The third-order valence-corrected chi connectivity index (χ3v) is 4.85. The number of aryl methyl sites for hydroxylation is 1. The lowest BCUT2D eigenvalue weighted by molar-refractivity contribution is -0.145. The Morgan fingerprint density at radius 3 is 2.54 bits per heavy atom. The van der Waals surface area contributed by atoms with E-state index in [4.69, 9.17) is 4.74 Å². The molecule has 0 aliphatic heterocycles. The summed E-state index contributed by atoms with van der Waals surface area (Å²) in [5, 5.41) is 8.24. The van der Waals surface area contributed by atoms with E-state index in [9.17, 15) is 4.79 Å². The molecule has 0 atom stereocenters. The molecule has 0 bridgehead atoms. The standard InChI is InChI=1S/C21H23BrN4O2/c1-3-25(20-10-4-16(2)5-11-20)12-19-13-26(24-23-19)14-21(27)28-15-17-6-8-18(22)9-7-17/h4-11,13H,3,12,14-15H2,1-2H3. The second kappa shape index (κ2) is 9.50. The Morgan fingerprint density at radius 2 is 1.86 bits per heavy atom. The van der Waals surface area contributed by atoms with Crippen LogP contribution in [-0.4, -0.2) is 27.5 Å². The van der Waals surface area contributed by atoms with Crippen molar-refractivity contribution in [1.29, 1.82) is 0 Å². The highest BCUT2D eigenvalue weighted by molar-refractivity contribution is 9.10. The van der Waals surface area contributed by atoms with Crippen LogP contribution in [0.3, 0.4) is 0 Å². The smallest absolute Gasteiger partial charge is 0.328 e. The minimum absolute atomic E-state index is 0.0418. The fourth-order valence-corrected chi connectivity index (χ4v) is 3.01. The van der Waals surface area contributed by atoms with E-state index in [2.05, 4.69) is 69.3 Å². The van der Waals surface area contributed by atoms with Crippen molar-refractivity contribution in [1.82, 2.24) is 15.0 Å². The molecule has 1 aromatic heterocycles. The van der Waals surface area contributed by atoms with Crippen LogP contribution in [0, 0.1) is 6.92 Å². The Kier molecular flexibility index (Phi) is 6.81. The van der Waals surface area contributed by atoms with Gasteiger partial charge in [0.15, 0.2) is 0 Å². The predicted octanol–water partition coefficient (Wildman–Crippen LogP) is 4.12. The highest BCUT2D eigenvalue weighted by atomic mass is 79.9. The van der Waals surface area contributed by atoms with E-state index in [0.29, 0.717) is 6.54 Å². The fourth-order valence-electron chi connectivity index (χ4n) is 2.75. The van der Waals surface area contributed by atoms with Gasteiger partial charge < -0.3 is 9.64 Å². The maximum absolute atomic E-state index is 12.1. The predicted molar refractivity (Wildman–Crippen MR) is 112 cm³/mol. The molecule has 1 heterocycles. The number of ether oxygens (including phenoxy) is 1. The van der Waals surface area contributed by atoms with Gasteiger partial charge in [-0.2, -0.15) is 0 Å². The quantitative estimate of drug-likeness (QED) is 0.491. The zero-order valence-corrected chi connectivity index (χ0v) is 17.6. The Morgan fingerprint density at radius 1 is 1.14 bits per heavy atom. The van der Waals surface area contributed by atoms with Crippen molar-refractivity contribution in [2.75, 3.05) is 11.4 Å². The van der Waals surface area contributed by atoms with Crippen LogP contribution in [0.2, 0.25) is 0 Å². The molecular formula is C21H23BrN4O2. The average Bonchev–Trinajstić information content (AvgIpc) is 3.13.